The summed E-state index contributed by atoms with van der Waals surface area (Å²) in [4.78, 5) is 0. The van der Waals surface area contributed by atoms with Crippen molar-refractivity contribution in [1.82, 2.24) is 0 Å². The van der Waals surface area contributed by atoms with Crippen molar-refractivity contribution in [2.75, 3.05) is 20.3 Å². The van der Waals surface area contributed by atoms with Crippen LogP contribution in [0.3, 0.4) is 0 Å². The van der Waals surface area contributed by atoms with Gasteiger partial charge in [-0.2, -0.15) is 0 Å². The van der Waals surface area contributed by atoms with Gasteiger partial charge < -0.3 is 36.7 Å². The Kier molecular flexibility index (Phi) is 27.5. The largest absolute Gasteiger partial charge is 0.497 e. The lowest BCUT2D eigenvalue weighted by molar-refractivity contribution is -0.255. The molecule has 0 bridgehead atoms. The van der Waals surface area contributed by atoms with Crippen molar-refractivity contribution in [2.45, 2.75) is 265 Å². The molecule has 90 heavy (non-hydrogen) atoms. The maximum absolute atomic E-state index is 7.68. The molecule has 1 unspecified atom stereocenters. The topological polar surface area (TPSA) is 73.8 Å². The quantitative estimate of drug-likeness (QED) is 0.0280. The van der Waals surface area contributed by atoms with Gasteiger partial charge in [-0.1, -0.05) is 252 Å². The lowest BCUT2D eigenvalue weighted by Crippen LogP contribution is -2.50. The first-order valence-corrected chi connectivity index (χ1v) is 46.0. The molecule has 8 nitrogen and oxygen atoms in total. The normalized spacial score (nSPS) is 20.3. The third-order valence-electron chi connectivity index (χ3n) is 21.7. The summed E-state index contributed by atoms with van der Waals surface area (Å²) in [5.74, 6) is 2.13. The van der Waals surface area contributed by atoms with Crippen LogP contribution >= 0.6 is 0 Å². The number of rotatable bonds is 31. The molecular formula is C78H128O8Si4. The van der Waals surface area contributed by atoms with E-state index in [2.05, 4.69) is 304 Å². The molecule has 1 saturated heterocycles. The summed E-state index contributed by atoms with van der Waals surface area (Å²) in [5, 5.41) is 0.131. The van der Waals surface area contributed by atoms with Gasteiger partial charge in [0.05, 0.1) is 50.8 Å². The van der Waals surface area contributed by atoms with E-state index < -0.39 is 45.2 Å². The van der Waals surface area contributed by atoms with E-state index in [-0.39, 0.29) is 74.3 Å². The minimum Gasteiger partial charge on any atom is -0.497 e. The number of hydrogen-bond donors (Lipinski definition) is 0. The number of benzene rings is 4. The van der Waals surface area contributed by atoms with E-state index in [4.69, 9.17) is 36.7 Å². The zero-order valence-electron chi connectivity index (χ0n) is 61.7. The van der Waals surface area contributed by atoms with Crippen LogP contribution in [-0.2, 0) is 37.5 Å². The molecule has 12 heteroatoms. The van der Waals surface area contributed by atoms with Crippen LogP contribution in [0, 0.1) is 35.5 Å². The smallest absolute Gasteiger partial charge is 0.192 e. The van der Waals surface area contributed by atoms with Crippen molar-refractivity contribution in [3.63, 3.8) is 0 Å². The molecule has 0 amide bonds. The molecule has 4 aromatic rings. The highest BCUT2D eigenvalue weighted by atomic mass is 28.4. The van der Waals surface area contributed by atoms with Crippen LogP contribution in [0.1, 0.15) is 179 Å². The molecule has 0 saturated carbocycles. The highest BCUT2D eigenvalue weighted by Crippen LogP contribution is 2.46. The summed E-state index contributed by atoms with van der Waals surface area (Å²) in [7, 11) is -7.27. The maximum Gasteiger partial charge on any atom is 0.192 e. The summed E-state index contributed by atoms with van der Waals surface area (Å²) in [6.07, 6.45) is 12.6. The van der Waals surface area contributed by atoms with E-state index in [0.717, 1.165) is 53.7 Å². The molecule has 1 heterocycles. The highest BCUT2D eigenvalue weighted by Gasteiger charge is 2.47. The van der Waals surface area contributed by atoms with Gasteiger partial charge in [0.15, 0.2) is 39.6 Å². The van der Waals surface area contributed by atoms with Crippen LogP contribution in [0.4, 0.5) is 0 Å². The third kappa shape index (κ3) is 20.6. The molecule has 0 radical (unpaired) electrons. The van der Waals surface area contributed by atoms with Gasteiger partial charge in [0.1, 0.15) is 11.4 Å². The standard InChI is InChI=1S/C78H128O8Si4/c1-57(45-52-69(84-88(22,23)75(10,11)12)62(6)72-61(5)56-80-73(82-72)63-47-50-67(79-19)51-48-63)54-60(4)71(86-90(26,27)77(16,17)18)59(3)46-49-68(83-87(20,21)74(7,8)9)55-70(85-89(24,25)76(13,14)15)58(2)38-37-53-81-78(64-39-31-28-32-40-64,65-41-33-29-34-42-65)66-43-35-30-36-44-66/h28-44,46-51,57-62,68-73H,45,52-56H2,1-27H3/b38-37+,49-46-/t57-,58-,59-,60+,61-,62-,68+,69+,70-,71-,72-,73?/m0/s1. The highest BCUT2D eigenvalue weighted by molar-refractivity contribution is 6.75. The zero-order valence-corrected chi connectivity index (χ0v) is 65.7. The van der Waals surface area contributed by atoms with Gasteiger partial charge >= 0.3 is 0 Å². The van der Waals surface area contributed by atoms with E-state index in [9.17, 15) is 0 Å². The van der Waals surface area contributed by atoms with Crippen LogP contribution in [0.15, 0.2) is 140 Å². The Balaban J connectivity index is 1.46. The monoisotopic (exact) mass is 1300 g/mol. The Morgan fingerprint density at radius 2 is 0.956 bits per heavy atom. The van der Waals surface area contributed by atoms with Crippen molar-refractivity contribution in [3.8, 4) is 5.75 Å². The van der Waals surface area contributed by atoms with Gasteiger partial charge in [-0.25, -0.2) is 0 Å². The molecule has 12 atom stereocenters. The second-order valence-electron chi connectivity index (χ2n) is 33.2. The average Bonchev–Trinajstić information content (AvgIpc) is 0.819. The Bertz CT molecular complexity index is 2690. The number of ether oxygens (including phenoxy) is 4. The Morgan fingerprint density at radius 3 is 1.41 bits per heavy atom. The van der Waals surface area contributed by atoms with Crippen molar-refractivity contribution >= 4 is 33.3 Å². The van der Waals surface area contributed by atoms with Crippen LogP contribution in [0.2, 0.25) is 72.5 Å². The van der Waals surface area contributed by atoms with E-state index in [1.54, 1.807) is 7.11 Å². The molecule has 5 rings (SSSR count). The predicted octanol–water partition coefficient (Wildman–Crippen LogP) is 22.2. The molecule has 0 spiro atoms. The van der Waals surface area contributed by atoms with Gasteiger partial charge in [-0.05, 0) is 144 Å². The van der Waals surface area contributed by atoms with Gasteiger partial charge in [0.25, 0.3) is 0 Å². The zero-order chi connectivity index (χ0) is 67.5. The Hall–Kier alpha value is -3.25. The maximum atomic E-state index is 7.68. The first kappa shape index (κ1) is 77.5. The number of methoxy groups -OCH3 is 1. The van der Waals surface area contributed by atoms with Crippen LogP contribution in [0.5, 0.6) is 5.75 Å². The van der Waals surface area contributed by atoms with E-state index in [1.165, 1.54) is 0 Å². The van der Waals surface area contributed by atoms with Crippen LogP contribution in [-0.4, -0.2) is 84.1 Å². The fourth-order valence-electron chi connectivity index (χ4n) is 11.6. The van der Waals surface area contributed by atoms with Crippen molar-refractivity contribution in [3.05, 3.63) is 162 Å². The SMILES string of the molecule is COc1ccc(C2OC[C@H](C)[C@@H]([C@@H](C)[C@@H](CC[C@H](C)C[C@@H](C)[C@@H](O[Si](C)(C)C(C)(C)C)[C@@H](C)/C=C\[C@H](C[C@H](O[Si](C)(C)C(C)(C)C)[C@@H](C)/C=C/COC(c3ccccc3)(c3ccccc3)c3ccccc3)O[Si](C)(C)C(C)(C)C)O[Si](C)(C)C(C)(C)C)O2)cc1. The fourth-order valence-corrected chi connectivity index (χ4v) is 17.3. The van der Waals surface area contributed by atoms with Gasteiger partial charge in [0, 0.05) is 23.8 Å². The lowest BCUT2D eigenvalue weighted by atomic mass is 9.80. The second kappa shape index (κ2) is 32.0. The fraction of sp³-hybridized carbons (Fsp3) is 0.641. The summed E-state index contributed by atoms with van der Waals surface area (Å²) in [5.41, 5.74) is 3.47. The summed E-state index contributed by atoms with van der Waals surface area (Å²) in [6.45, 7) is 62.8. The Labute approximate surface area is 555 Å². The van der Waals surface area contributed by atoms with Crippen LogP contribution < -0.4 is 4.74 Å². The average molecular weight is 1310 g/mol. The van der Waals surface area contributed by atoms with E-state index >= 15 is 0 Å². The third-order valence-corrected chi connectivity index (χ3v) is 39.7. The molecule has 4 aromatic carbocycles. The summed E-state index contributed by atoms with van der Waals surface area (Å²) >= 11 is 0. The lowest BCUT2D eigenvalue weighted by Gasteiger charge is -2.45. The van der Waals surface area contributed by atoms with Crippen molar-refractivity contribution < 1.29 is 36.7 Å². The first-order valence-electron chi connectivity index (χ1n) is 34.3. The molecule has 0 aromatic heterocycles. The minimum atomic E-state index is -2.29. The molecule has 1 aliphatic heterocycles. The molecule has 1 aliphatic rings. The molecule has 504 valence electrons. The molecule has 1 fully saturated rings. The predicted molar refractivity (Wildman–Crippen MR) is 392 cm³/mol. The van der Waals surface area contributed by atoms with E-state index in [1.807, 2.05) is 12.1 Å². The molecule has 0 aliphatic carbocycles. The number of hydrogen-bond acceptors (Lipinski definition) is 8. The van der Waals surface area contributed by atoms with Gasteiger partial charge in [0.2, 0.25) is 0 Å². The van der Waals surface area contributed by atoms with Crippen LogP contribution in [0.25, 0.3) is 0 Å². The first-order chi connectivity index (χ1) is 41.6. The summed E-state index contributed by atoms with van der Waals surface area (Å²) in [6, 6.07) is 40.1. The summed E-state index contributed by atoms with van der Waals surface area (Å²) < 4.78 is 56.5. The minimum absolute atomic E-state index is 0.00698. The van der Waals surface area contributed by atoms with Gasteiger partial charge in [-0.3, -0.25) is 0 Å². The van der Waals surface area contributed by atoms with E-state index in [0.29, 0.717) is 25.0 Å². The molecular weight excluding hydrogens is 1180 g/mol. The van der Waals surface area contributed by atoms with Crippen molar-refractivity contribution in [2.24, 2.45) is 35.5 Å². The van der Waals surface area contributed by atoms with Gasteiger partial charge in [-0.15, -0.1) is 0 Å². The van der Waals surface area contributed by atoms with Crippen molar-refractivity contribution in [1.29, 1.82) is 0 Å². The Morgan fingerprint density at radius 1 is 0.511 bits per heavy atom. The molecule has 0 N–H and O–H groups in total. The second-order valence-corrected chi connectivity index (χ2v) is 52.2.